The number of hydrogen-bond donors (Lipinski definition) is 3. The van der Waals surface area contributed by atoms with Crippen molar-refractivity contribution < 1.29 is 24.5 Å². The van der Waals surface area contributed by atoms with Crippen molar-refractivity contribution in [3.8, 4) is 0 Å². The van der Waals surface area contributed by atoms with Crippen LogP contribution in [-0.4, -0.2) is 47.4 Å². The van der Waals surface area contributed by atoms with Gasteiger partial charge in [-0.25, -0.2) is 0 Å². The van der Waals surface area contributed by atoms with E-state index in [2.05, 4.69) is 31.3 Å². The van der Waals surface area contributed by atoms with E-state index < -0.39 is 12.1 Å². The number of amides is 1. The Morgan fingerprint density at radius 1 is 0.297 bits per heavy atom. The number of ether oxygens (including phenoxy) is 1. The van der Waals surface area contributed by atoms with E-state index in [1.807, 2.05) is 0 Å². The Hall–Kier alpha value is -1.40. The lowest BCUT2D eigenvalue weighted by atomic mass is 10.0. The molecule has 0 rings (SSSR count). The molecule has 0 fully saturated rings. The number of aliphatic hydroxyl groups excluding tert-OH is 2. The van der Waals surface area contributed by atoms with E-state index in [1.54, 1.807) is 0 Å². The molecule has 542 valence electrons. The van der Waals surface area contributed by atoms with Gasteiger partial charge in [0.1, 0.15) is 0 Å². The molecule has 1 amide bonds. The van der Waals surface area contributed by atoms with Crippen molar-refractivity contribution >= 4 is 11.9 Å². The number of carbonyl (C=O) groups excluding carboxylic acids is 2. The van der Waals surface area contributed by atoms with Crippen LogP contribution in [0.5, 0.6) is 0 Å². The molecule has 0 aromatic heterocycles. The van der Waals surface area contributed by atoms with Crippen molar-refractivity contribution in [2.45, 2.75) is 508 Å². The molecule has 91 heavy (non-hydrogen) atoms. The Bertz CT molecular complexity index is 1380. The summed E-state index contributed by atoms with van der Waals surface area (Å²) in [5.41, 5.74) is 0. The largest absolute Gasteiger partial charge is 0.466 e. The topological polar surface area (TPSA) is 95.9 Å². The zero-order valence-electron chi connectivity index (χ0n) is 62.4. The van der Waals surface area contributed by atoms with Crippen LogP contribution in [0.1, 0.15) is 495 Å². The number of aliphatic hydroxyl groups is 2. The standard InChI is InChI=1S/C85H167NO5/c1-3-5-7-9-11-13-15-17-19-21-47-51-55-59-63-67-71-75-79-85(90)91-80-76-72-68-64-60-56-52-48-44-42-40-38-36-34-32-30-28-26-24-22-23-25-27-29-31-33-35-37-39-41-43-46-50-54-58-62-66-70-74-78-84(89)86-82(81-87)83(88)77-73-69-65-61-57-53-49-45-20-18-16-14-12-10-8-6-4-2/h22-23,82-83,87-88H,3-21,24-81H2,1-2H3,(H,86,89)/b23-22-. The number of nitrogens with one attached hydrogen (secondary N) is 1. The Morgan fingerprint density at radius 3 is 0.780 bits per heavy atom. The SMILES string of the molecule is CCCCCCCCCCCCCCCCCCCCC(=O)OCCCCCCCCCCCCCCCCCCCC/C=C\CCCCCCCCCCCCCCCCCCCC(=O)NC(CO)C(O)CCCCCCCCCCCCCCCCCCC. The van der Waals surface area contributed by atoms with Crippen molar-refractivity contribution in [2.24, 2.45) is 0 Å². The van der Waals surface area contributed by atoms with Gasteiger partial charge in [0.25, 0.3) is 0 Å². The summed E-state index contributed by atoms with van der Waals surface area (Å²) in [4.78, 5) is 24.7. The van der Waals surface area contributed by atoms with Gasteiger partial charge in [-0.2, -0.15) is 0 Å². The van der Waals surface area contributed by atoms with Gasteiger partial charge in [0.2, 0.25) is 5.91 Å². The van der Waals surface area contributed by atoms with Crippen LogP contribution in [0.4, 0.5) is 0 Å². The average Bonchev–Trinajstić information content (AvgIpc) is 3.73. The molecule has 0 spiro atoms. The van der Waals surface area contributed by atoms with Gasteiger partial charge in [0.15, 0.2) is 0 Å². The van der Waals surface area contributed by atoms with Gasteiger partial charge >= 0.3 is 5.97 Å². The van der Waals surface area contributed by atoms with E-state index in [0.717, 1.165) is 38.5 Å². The van der Waals surface area contributed by atoms with Crippen molar-refractivity contribution in [1.82, 2.24) is 5.32 Å². The molecule has 2 atom stereocenters. The van der Waals surface area contributed by atoms with Crippen LogP contribution in [0.25, 0.3) is 0 Å². The minimum atomic E-state index is -0.661. The highest BCUT2D eigenvalue weighted by atomic mass is 16.5. The van der Waals surface area contributed by atoms with Crippen LogP contribution in [0, 0.1) is 0 Å². The third-order valence-electron chi connectivity index (χ3n) is 20.3. The van der Waals surface area contributed by atoms with Crippen LogP contribution < -0.4 is 5.32 Å². The molecular formula is C85H167NO5. The summed E-state index contributed by atoms with van der Waals surface area (Å²) >= 11 is 0. The maximum atomic E-state index is 12.5. The zero-order valence-corrected chi connectivity index (χ0v) is 62.4. The molecule has 2 unspecified atom stereocenters. The van der Waals surface area contributed by atoms with E-state index in [9.17, 15) is 19.8 Å². The van der Waals surface area contributed by atoms with Gasteiger partial charge in [-0.3, -0.25) is 9.59 Å². The van der Waals surface area contributed by atoms with E-state index in [-0.39, 0.29) is 18.5 Å². The average molecular weight is 1280 g/mol. The smallest absolute Gasteiger partial charge is 0.305 e. The normalized spacial score (nSPS) is 12.4. The molecule has 0 heterocycles. The molecule has 3 N–H and O–H groups in total. The molecule has 0 saturated heterocycles. The van der Waals surface area contributed by atoms with Gasteiger partial charge in [0, 0.05) is 12.8 Å². The van der Waals surface area contributed by atoms with Crippen molar-refractivity contribution in [1.29, 1.82) is 0 Å². The first-order valence-corrected chi connectivity index (χ1v) is 42.4. The van der Waals surface area contributed by atoms with Crippen LogP contribution in [0.2, 0.25) is 0 Å². The maximum absolute atomic E-state index is 12.5. The summed E-state index contributed by atoms with van der Waals surface area (Å²) in [6, 6.07) is -0.538. The Morgan fingerprint density at radius 2 is 0.516 bits per heavy atom. The molecule has 0 aromatic rings. The minimum absolute atomic E-state index is 0.0257. The van der Waals surface area contributed by atoms with E-state index >= 15 is 0 Å². The quantitative estimate of drug-likeness (QED) is 0.0320. The summed E-state index contributed by atoms with van der Waals surface area (Å²) in [5, 5.41) is 23.4. The summed E-state index contributed by atoms with van der Waals surface area (Å²) in [6.45, 7) is 5.02. The Balaban J connectivity index is 3.30. The number of carbonyl (C=O) groups is 2. The first-order chi connectivity index (χ1) is 45.0. The Labute approximate surface area is 571 Å². The van der Waals surface area contributed by atoms with Gasteiger partial charge in [0.05, 0.1) is 25.4 Å². The first kappa shape index (κ1) is 89.6. The first-order valence-electron chi connectivity index (χ1n) is 42.4. The molecule has 0 bridgehead atoms. The molecule has 0 aliphatic carbocycles. The fourth-order valence-electron chi connectivity index (χ4n) is 13.9. The van der Waals surface area contributed by atoms with Crippen LogP contribution in [0.15, 0.2) is 12.2 Å². The lowest BCUT2D eigenvalue weighted by Gasteiger charge is -2.22. The monoisotopic (exact) mass is 1280 g/mol. The van der Waals surface area contributed by atoms with Gasteiger partial charge in [-0.1, -0.05) is 443 Å². The van der Waals surface area contributed by atoms with Crippen LogP contribution in [-0.2, 0) is 14.3 Å². The second kappa shape index (κ2) is 81.0. The third-order valence-corrected chi connectivity index (χ3v) is 20.3. The second-order valence-electron chi connectivity index (χ2n) is 29.5. The summed E-state index contributed by atoms with van der Waals surface area (Å²) in [7, 11) is 0. The van der Waals surface area contributed by atoms with Crippen molar-refractivity contribution in [3.05, 3.63) is 12.2 Å². The second-order valence-corrected chi connectivity index (χ2v) is 29.5. The lowest BCUT2D eigenvalue weighted by molar-refractivity contribution is -0.143. The highest BCUT2D eigenvalue weighted by molar-refractivity contribution is 5.76. The highest BCUT2D eigenvalue weighted by Crippen LogP contribution is 2.21. The number of allylic oxidation sites excluding steroid dienone is 2. The molecule has 0 aromatic carbocycles. The predicted molar refractivity (Wildman–Crippen MR) is 403 cm³/mol. The number of rotatable bonds is 81. The molecule has 0 saturated carbocycles. The van der Waals surface area contributed by atoms with Crippen LogP contribution in [0.3, 0.4) is 0 Å². The third kappa shape index (κ3) is 77.5. The molecule has 0 radical (unpaired) electrons. The molecular weight excluding hydrogens is 1110 g/mol. The molecule has 6 heteroatoms. The van der Waals surface area contributed by atoms with Crippen LogP contribution >= 0.6 is 0 Å². The summed E-state index contributed by atoms with van der Waals surface area (Å²) in [5.74, 6) is 0.00253. The number of hydrogen-bond acceptors (Lipinski definition) is 5. The minimum Gasteiger partial charge on any atom is -0.466 e. The lowest BCUT2D eigenvalue weighted by Crippen LogP contribution is -2.45. The fourth-order valence-corrected chi connectivity index (χ4v) is 13.9. The highest BCUT2D eigenvalue weighted by Gasteiger charge is 2.20. The van der Waals surface area contributed by atoms with Gasteiger partial charge in [-0.15, -0.1) is 0 Å². The Kier molecular flexibility index (Phi) is 79.8. The molecule has 0 aliphatic heterocycles. The summed E-state index contributed by atoms with van der Waals surface area (Å²) < 4.78 is 5.52. The van der Waals surface area contributed by atoms with Gasteiger partial charge < -0.3 is 20.3 Å². The molecule has 6 nitrogen and oxygen atoms in total. The zero-order chi connectivity index (χ0) is 65.6. The molecule has 0 aliphatic rings. The van der Waals surface area contributed by atoms with Crippen molar-refractivity contribution in [3.63, 3.8) is 0 Å². The van der Waals surface area contributed by atoms with E-state index in [0.29, 0.717) is 25.9 Å². The van der Waals surface area contributed by atoms with E-state index in [4.69, 9.17) is 4.74 Å². The predicted octanol–water partition coefficient (Wildman–Crippen LogP) is 28.2. The summed E-state index contributed by atoms with van der Waals surface area (Å²) in [6.07, 6.45) is 103. The fraction of sp³-hybridized carbons (Fsp3) is 0.953. The van der Waals surface area contributed by atoms with Gasteiger partial charge in [-0.05, 0) is 51.4 Å². The van der Waals surface area contributed by atoms with Crippen molar-refractivity contribution in [2.75, 3.05) is 13.2 Å². The number of esters is 1. The number of unbranched alkanes of at least 4 members (excludes halogenated alkanes) is 68. The maximum Gasteiger partial charge on any atom is 0.305 e. The van der Waals surface area contributed by atoms with E-state index in [1.165, 1.54) is 424 Å².